The zero-order chi connectivity index (χ0) is 13.9. The molecule has 1 aromatic heterocycles. The van der Waals surface area contributed by atoms with Crippen molar-refractivity contribution in [3.05, 3.63) is 16.1 Å². The highest BCUT2D eigenvalue weighted by molar-refractivity contribution is 7.09. The van der Waals surface area contributed by atoms with Crippen LogP contribution < -0.4 is 5.32 Å². The van der Waals surface area contributed by atoms with Gasteiger partial charge in [0, 0.05) is 11.9 Å². The van der Waals surface area contributed by atoms with E-state index in [1.807, 2.05) is 5.38 Å². The van der Waals surface area contributed by atoms with E-state index in [9.17, 15) is 4.79 Å². The van der Waals surface area contributed by atoms with Gasteiger partial charge in [-0.25, -0.2) is 4.98 Å². The topological polar surface area (TPSA) is 42.0 Å². The number of aromatic nitrogens is 1. The SMILES string of the molecule is CCCCCCCCNC(=O)Cc1nc(CCl)cs1. The summed E-state index contributed by atoms with van der Waals surface area (Å²) in [6.07, 6.45) is 7.82. The molecule has 5 heteroatoms. The van der Waals surface area contributed by atoms with Gasteiger partial charge in [0.1, 0.15) is 5.01 Å². The average molecular weight is 303 g/mol. The van der Waals surface area contributed by atoms with Crippen LogP contribution in [0.2, 0.25) is 0 Å². The number of halogens is 1. The summed E-state index contributed by atoms with van der Waals surface area (Å²) in [6, 6.07) is 0. The highest BCUT2D eigenvalue weighted by Crippen LogP contribution is 2.12. The third kappa shape index (κ3) is 7.53. The van der Waals surface area contributed by atoms with Crippen molar-refractivity contribution in [3.63, 3.8) is 0 Å². The van der Waals surface area contributed by atoms with E-state index in [4.69, 9.17) is 11.6 Å². The zero-order valence-electron chi connectivity index (χ0n) is 11.6. The summed E-state index contributed by atoms with van der Waals surface area (Å²) in [4.78, 5) is 15.9. The molecule has 1 heterocycles. The Kier molecular flexibility index (Phi) is 8.84. The summed E-state index contributed by atoms with van der Waals surface area (Å²) in [5, 5.41) is 5.69. The van der Waals surface area contributed by atoms with Crippen LogP contribution in [0.25, 0.3) is 0 Å². The van der Waals surface area contributed by atoms with Crippen molar-refractivity contribution in [1.82, 2.24) is 10.3 Å². The first-order valence-electron chi connectivity index (χ1n) is 7.02. The summed E-state index contributed by atoms with van der Waals surface area (Å²) in [7, 11) is 0. The summed E-state index contributed by atoms with van der Waals surface area (Å²) in [5.41, 5.74) is 0.852. The molecule has 0 saturated carbocycles. The molecule has 0 fully saturated rings. The molecule has 0 aromatic carbocycles. The number of hydrogen-bond acceptors (Lipinski definition) is 3. The van der Waals surface area contributed by atoms with E-state index in [1.54, 1.807) is 0 Å². The van der Waals surface area contributed by atoms with Gasteiger partial charge in [0.15, 0.2) is 0 Å². The Hall–Kier alpha value is -0.610. The molecule has 0 bridgehead atoms. The van der Waals surface area contributed by atoms with E-state index in [0.29, 0.717) is 12.3 Å². The van der Waals surface area contributed by atoms with Gasteiger partial charge in [-0.1, -0.05) is 39.0 Å². The molecule has 0 unspecified atom stereocenters. The van der Waals surface area contributed by atoms with Crippen LogP contribution >= 0.6 is 22.9 Å². The predicted molar refractivity (Wildman–Crippen MR) is 81.8 cm³/mol. The van der Waals surface area contributed by atoms with Crippen molar-refractivity contribution >= 4 is 28.8 Å². The smallest absolute Gasteiger partial charge is 0.226 e. The minimum Gasteiger partial charge on any atom is -0.356 e. The molecule has 19 heavy (non-hydrogen) atoms. The lowest BCUT2D eigenvalue weighted by Gasteiger charge is -2.04. The predicted octanol–water partition coefficient (Wildman–Crippen LogP) is 3.90. The van der Waals surface area contributed by atoms with Crippen molar-refractivity contribution in [2.45, 2.75) is 57.7 Å². The monoisotopic (exact) mass is 302 g/mol. The quantitative estimate of drug-likeness (QED) is 0.526. The van der Waals surface area contributed by atoms with Gasteiger partial charge in [0.05, 0.1) is 18.0 Å². The Balaban J connectivity index is 2.04. The van der Waals surface area contributed by atoms with E-state index >= 15 is 0 Å². The number of hydrogen-bond donors (Lipinski definition) is 1. The molecule has 0 saturated heterocycles. The Morgan fingerprint density at radius 1 is 1.32 bits per heavy atom. The number of thiazole rings is 1. The van der Waals surface area contributed by atoms with E-state index in [0.717, 1.165) is 23.7 Å². The van der Waals surface area contributed by atoms with Crippen molar-refractivity contribution in [2.75, 3.05) is 6.54 Å². The number of amides is 1. The summed E-state index contributed by atoms with van der Waals surface area (Å²) in [5.74, 6) is 0.472. The maximum Gasteiger partial charge on any atom is 0.226 e. The number of carbonyl (C=O) groups excluding carboxylic acids is 1. The van der Waals surface area contributed by atoms with Crippen LogP contribution in [0.3, 0.4) is 0 Å². The van der Waals surface area contributed by atoms with Gasteiger partial charge in [-0.05, 0) is 6.42 Å². The van der Waals surface area contributed by atoms with E-state index in [1.165, 1.54) is 43.4 Å². The van der Waals surface area contributed by atoms with Crippen LogP contribution in [0.1, 0.15) is 56.2 Å². The normalized spacial score (nSPS) is 10.6. The largest absolute Gasteiger partial charge is 0.356 e. The zero-order valence-corrected chi connectivity index (χ0v) is 13.2. The van der Waals surface area contributed by atoms with Gasteiger partial charge in [-0.2, -0.15) is 0 Å². The third-order valence-corrected chi connectivity index (χ3v) is 4.07. The molecule has 108 valence electrons. The molecule has 1 N–H and O–H groups in total. The first-order valence-corrected chi connectivity index (χ1v) is 8.43. The standard InChI is InChI=1S/C14H23ClN2OS/c1-2-3-4-5-6-7-8-16-13(18)9-14-17-12(10-15)11-19-14/h11H,2-10H2,1H3,(H,16,18). The van der Waals surface area contributed by atoms with Gasteiger partial charge in [-0.15, -0.1) is 22.9 Å². The minimum atomic E-state index is 0.0593. The lowest BCUT2D eigenvalue weighted by Crippen LogP contribution is -2.26. The fourth-order valence-electron chi connectivity index (χ4n) is 1.82. The third-order valence-electron chi connectivity index (χ3n) is 2.90. The van der Waals surface area contributed by atoms with Crippen LogP contribution in [0, 0.1) is 0 Å². The fraction of sp³-hybridized carbons (Fsp3) is 0.714. The Bertz CT molecular complexity index is 368. The number of rotatable bonds is 10. The van der Waals surface area contributed by atoms with Crippen molar-refractivity contribution in [1.29, 1.82) is 0 Å². The lowest BCUT2D eigenvalue weighted by molar-refractivity contribution is -0.120. The van der Waals surface area contributed by atoms with Gasteiger partial charge in [0.25, 0.3) is 0 Å². The second kappa shape index (κ2) is 10.2. The number of alkyl halides is 1. The molecule has 0 aliphatic rings. The van der Waals surface area contributed by atoms with Gasteiger partial charge in [-0.3, -0.25) is 4.79 Å². The Labute approximate surface area is 124 Å². The van der Waals surface area contributed by atoms with Gasteiger partial charge < -0.3 is 5.32 Å². The molecule has 0 aliphatic carbocycles. The number of carbonyl (C=O) groups is 1. The molecule has 1 amide bonds. The maximum atomic E-state index is 11.7. The molecule has 3 nitrogen and oxygen atoms in total. The van der Waals surface area contributed by atoms with E-state index in [-0.39, 0.29) is 5.91 Å². The van der Waals surface area contributed by atoms with Crippen LogP contribution in [0.5, 0.6) is 0 Å². The number of unbranched alkanes of at least 4 members (excludes halogenated alkanes) is 5. The first-order chi connectivity index (χ1) is 9.26. The Morgan fingerprint density at radius 3 is 2.74 bits per heavy atom. The molecule has 0 spiro atoms. The van der Waals surface area contributed by atoms with Crippen molar-refractivity contribution < 1.29 is 4.79 Å². The maximum absolute atomic E-state index is 11.7. The summed E-state index contributed by atoms with van der Waals surface area (Å²) >= 11 is 7.17. The average Bonchev–Trinajstić information content (AvgIpc) is 2.85. The van der Waals surface area contributed by atoms with E-state index in [2.05, 4.69) is 17.2 Å². The van der Waals surface area contributed by atoms with Crippen LogP contribution in [0.15, 0.2) is 5.38 Å². The van der Waals surface area contributed by atoms with Crippen molar-refractivity contribution in [2.24, 2.45) is 0 Å². The van der Waals surface area contributed by atoms with E-state index < -0.39 is 0 Å². The molecule has 0 radical (unpaired) electrons. The fourth-order valence-corrected chi connectivity index (χ4v) is 2.85. The van der Waals surface area contributed by atoms with Crippen LogP contribution in [-0.2, 0) is 17.1 Å². The Morgan fingerprint density at radius 2 is 2.05 bits per heavy atom. The second-order valence-electron chi connectivity index (χ2n) is 4.66. The highest BCUT2D eigenvalue weighted by Gasteiger charge is 2.06. The number of nitrogens with one attached hydrogen (secondary N) is 1. The molecular formula is C14H23ClN2OS. The lowest BCUT2D eigenvalue weighted by atomic mass is 10.1. The van der Waals surface area contributed by atoms with Crippen molar-refractivity contribution in [3.8, 4) is 0 Å². The second-order valence-corrected chi connectivity index (χ2v) is 5.87. The first kappa shape index (κ1) is 16.4. The molecule has 1 rings (SSSR count). The highest BCUT2D eigenvalue weighted by atomic mass is 35.5. The minimum absolute atomic E-state index is 0.0593. The van der Waals surface area contributed by atoms with Crippen LogP contribution in [0.4, 0.5) is 0 Å². The van der Waals surface area contributed by atoms with Gasteiger partial charge >= 0.3 is 0 Å². The summed E-state index contributed by atoms with van der Waals surface area (Å²) < 4.78 is 0. The molecule has 1 aromatic rings. The van der Waals surface area contributed by atoms with Crippen LogP contribution in [-0.4, -0.2) is 17.4 Å². The van der Waals surface area contributed by atoms with Gasteiger partial charge in [0.2, 0.25) is 5.91 Å². The molecular weight excluding hydrogens is 280 g/mol. The summed E-state index contributed by atoms with van der Waals surface area (Å²) in [6.45, 7) is 2.99. The molecule has 0 atom stereocenters. The number of nitrogens with zero attached hydrogens (tertiary/aromatic N) is 1. The molecule has 0 aliphatic heterocycles.